The fourth-order valence-corrected chi connectivity index (χ4v) is 1.62. The molecule has 94 valence electrons. The number of carbonyl (C=O) groups is 1. The molecule has 0 aliphatic carbocycles. The van der Waals surface area contributed by atoms with Crippen LogP contribution in [0.4, 0.5) is 0 Å². The van der Waals surface area contributed by atoms with Crippen LogP contribution >= 0.6 is 0 Å². The molecule has 18 heavy (non-hydrogen) atoms. The SMILES string of the molecule is O=C(O)c1cc(OCCO)cc(S(=O)(=O)[O-])c1.[Na+]. The zero-order chi connectivity index (χ0) is 13.1. The maximum absolute atomic E-state index is 10.8. The van der Waals surface area contributed by atoms with Crippen molar-refractivity contribution in [2.75, 3.05) is 13.2 Å². The van der Waals surface area contributed by atoms with Gasteiger partial charge in [0.25, 0.3) is 0 Å². The average Bonchev–Trinajstić information content (AvgIpc) is 2.24. The van der Waals surface area contributed by atoms with E-state index in [9.17, 15) is 17.8 Å². The second-order valence-corrected chi connectivity index (χ2v) is 4.40. The van der Waals surface area contributed by atoms with Gasteiger partial charge in [-0.05, 0) is 18.2 Å². The van der Waals surface area contributed by atoms with Crippen molar-refractivity contribution in [1.29, 1.82) is 0 Å². The average molecular weight is 284 g/mol. The molecule has 0 saturated carbocycles. The van der Waals surface area contributed by atoms with Crippen molar-refractivity contribution in [2.24, 2.45) is 0 Å². The third kappa shape index (κ3) is 4.92. The molecule has 0 aliphatic heterocycles. The number of rotatable bonds is 5. The van der Waals surface area contributed by atoms with Crippen LogP contribution in [-0.2, 0) is 10.1 Å². The minimum absolute atomic E-state index is 0. The summed E-state index contributed by atoms with van der Waals surface area (Å²) in [6.07, 6.45) is 0. The van der Waals surface area contributed by atoms with E-state index in [1.807, 2.05) is 0 Å². The molecule has 0 saturated heterocycles. The maximum atomic E-state index is 10.8. The van der Waals surface area contributed by atoms with Gasteiger partial charge in [0.15, 0.2) is 0 Å². The first-order valence-corrected chi connectivity index (χ1v) is 5.83. The van der Waals surface area contributed by atoms with Gasteiger partial charge in [-0.1, -0.05) is 0 Å². The van der Waals surface area contributed by atoms with E-state index in [0.29, 0.717) is 0 Å². The number of ether oxygens (including phenoxy) is 1. The van der Waals surface area contributed by atoms with Gasteiger partial charge in [0.05, 0.1) is 17.1 Å². The van der Waals surface area contributed by atoms with Crippen LogP contribution in [0.3, 0.4) is 0 Å². The summed E-state index contributed by atoms with van der Waals surface area (Å²) in [5.74, 6) is -1.49. The summed E-state index contributed by atoms with van der Waals surface area (Å²) in [4.78, 5) is 10.0. The van der Waals surface area contributed by atoms with E-state index >= 15 is 0 Å². The predicted octanol–water partition coefficient (Wildman–Crippen LogP) is -3.34. The van der Waals surface area contributed by atoms with E-state index in [2.05, 4.69) is 0 Å². The Morgan fingerprint density at radius 3 is 2.39 bits per heavy atom. The second kappa shape index (κ2) is 7.07. The molecule has 0 aliphatic rings. The molecular weight excluding hydrogens is 275 g/mol. The summed E-state index contributed by atoms with van der Waals surface area (Å²) in [6.45, 7) is -0.460. The molecule has 2 N–H and O–H groups in total. The largest absolute Gasteiger partial charge is 1.00 e. The van der Waals surface area contributed by atoms with Crippen LogP contribution < -0.4 is 34.3 Å². The minimum Gasteiger partial charge on any atom is -0.744 e. The quantitative estimate of drug-likeness (QED) is 0.428. The first-order valence-electron chi connectivity index (χ1n) is 4.42. The summed E-state index contributed by atoms with van der Waals surface area (Å²) in [6, 6.07) is 2.72. The van der Waals surface area contributed by atoms with E-state index in [-0.39, 0.29) is 54.1 Å². The molecule has 1 aromatic carbocycles. The summed E-state index contributed by atoms with van der Waals surface area (Å²) in [5.41, 5.74) is -0.380. The Morgan fingerprint density at radius 1 is 1.33 bits per heavy atom. The number of benzene rings is 1. The summed E-state index contributed by atoms with van der Waals surface area (Å²) < 4.78 is 37.2. The molecule has 0 fully saturated rings. The molecule has 0 amide bonds. The maximum Gasteiger partial charge on any atom is 1.00 e. The van der Waals surface area contributed by atoms with Gasteiger partial charge in [-0.15, -0.1) is 0 Å². The molecule has 0 aromatic heterocycles. The van der Waals surface area contributed by atoms with E-state index < -0.39 is 21.0 Å². The van der Waals surface area contributed by atoms with Crippen molar-refractivity contribution in [1.82, 2.24) is 0 Å². The van der Waals surface area contributed by atoms with E-state index in [4.69, 9.17) is 14.9 Å². The van der Waals surface area contributed by atoms with Crippen LogP contribution in [0, 0.1) is 0 Å². The fourth-order valence-electron chi connectivity index (χ4n) is 1.09. The molecule has 1 aromatic rings. The molecule has 9 heteroatoms. The zero-order valence-electron chi connectivity index (χ0n) is 9.49. The minimum atomic E-state index is -4.76. The van der Waals surface area contributed by atoms with Gasteiger partial charge in [-0.2, -0.15) is 0 Å². The molecule has 0 bridgehead atoms. The van der Waals surface area contributed by atoms with Crippen LogP contribution in [0.15, 0.2) is 23.1 Å². The predicted molar refractivity (Wildman–Crippen MR) is 53.9 cm³/mol. The Bertz CT molecular complexity index is 526. The van der Waals surface area contributed by atoms with Gasteiger partial charge in [0.1, 0.15) is 22.5 Å². The standard InChI is InChI=1S/C9H10O7S.Na/c10-1-2-16-7-3-6(9(11)12)4-8(5-7)17(13,14)15;/h3-5,10H,1-2H2,(H,11,12)(H,13,14,15);/q;+1/p-1. The molecule has 0 spiro atoms. The number of carboxylic acid groups (broad SMARTS) is 1. The number of carboxylic acids is 1. The fraction of sp³-hybridized carbons (Fsp3) is 0.222. The molecule has 7 nitrogen and oxygen atoms in total. The van der Waals surface area contributed by atoms with Gasteiger partial charge >= 0.3 is 35.5 Å². The van der Waals surface area contributed by atoms with Gasteiger partial charge in [0.2, 0.25) is 0 Å². The van der Waals surface area contributed by atoms with Crippen molar-refractivity contribution in [3.63, 3.8) is 0 Å². The summed E-state index contributed by atoms with van der Waals surface area (Å²) >= 11 is 0. The monoisotopic (exact) mass is 284 g/mol. The topological polar surface area (TPSA) is 124 Å². The first kappa shape index (κ1) is 17.4. The third-order valence-corrected chi connectivity index (χ3v) is 2.59. The first-order chi connectivity index (χ1) is 7.84. The Hall–Kier alpha value is -0.640. The van der Waals surface area contributed by atoms with E-state index in [0.717, 1.165) is 18.2 Å². The Morgan fingerprint density at radius 2 is 1.94 bits per heavy atom. The zero-order valence-corrected chi connectivity index (χ0v) is 12.3. The molecule has 0 unspecified atom stereocenters. The van der Waals surface area contributed by atoms with Gasteiger partial charge < -0.3 is 19.5 Å². The smallest absolute Gasteiger partial charge is 0.744 e. The van der Waals surface area contributed by atoms with Crippen molar-refractivity contribution in [3.8, 4) is 5.75 Å². The van der Waals surface area contributed by atoms with Crippen LogP contribution in [0.25, 0.3) is 0 Å². The third-order valence-electron chi connectivity index (χ3n) is 1.78. The summed E-state index contributed by atoms with van der Waals surface area (Å²) in [7, 11) is -4.76. The van der Waals surface area contributed by atoms with Crippen molar-refractivity contribution in [2.45, 2.75) is 4.90 Å². The van der Waals surface area contributed by atoms with Gasteiger partial charge in [0, 0.05) is 0 Å². The van der Waals surface area contributed by atoms with Crippen LogP contribution in [0.2, 0.25) is 0 Å². The van der Waals surface area contributed by atoms with Crippen molar-refractivity contribution >= 4 is 16.1 Å². The molecule has 0 heterocycles. The van der Waals surface area contributed by atoms with Crippen LogP contribution in [-0.4, -0.2) is 42.4 Å². The normalized spacial score (nSPS) is 10.6. The number of aliphatic hydroxyl groups is 1. The Balaban J connectivity index is 0.00000289. The van der Waals surface area contributed by atoms with Crippen molar-refractivity contribution in [3.05, 3.63) is 23.8 Å². The summed E-state index contributed by atoms with van der Waals surface area (Å²) in [5, 5.41) is 17.2. The van der Waals surface area contributed by atoms with Gasteiger partial charge in [-0.25, -0.2) is 13.2 Å². The number of aromatic carboxylic acids is 1. The van der Waals surface area contributed by atoms with Crippen LogP contribution in [0.5, 0.6) is 5.75 Å². The molecule has 0 atom stereocenters. The van der Waals surface area contributed by atoms with Crippen LogP contribution in [0.1, 0.15) is 10.4 Å². The molecule has 0 radical (unpaired) electrons. The van der Waals surface area contributed by atoms with E-state index in [1.54, 1.807) is 0 Å². The number of hydrogen-bond donors (Lipinski definition) is 2. The van der Waals surface area contributed by atoms with Gasteiger partial charge in [-0.3, -0.25) is 0 Å². The second-order valence-electron chi connectivity index (χ2n) is 3.02. The van der Waals surface area contributed by atoms with Crippen molar-refractivity contribution < 1.29 is 62.3 Å². The van der Waals surface area contributed by atoms with E-state index in [1.165, 1.54) is 0 Å². The Labute approximate surface area is 125 Å². The molecule has 1 rings (SSSR count). The number of hydrogen-bond acceptors (Lipinski definition) is 6. The molecular formula is C9H9NaO7S. The Kier molecular flexibility index (Phi) is 6.82. The number of aliphatic hydroxyl groups excluding tert-OH is 1.